The molecule has 0 spiro atoms. The lowest BCUT2D eigenvalue weighted by atomic mass is 10.1. The molecule has 0 aliphatic heterocycles. The fourth-order valence-corrected chi connectivity index (χ4v) is 0.699. The Hall–Kier alpha value is -0.650. The van der Waals surface area contributed by atoms with Gasteiger partial charge in [0.05, 0.1) is 6.04 Å². The zero-order chi connectivity index (χ0) is 9.07. The highest BCUT2D eigenvalue weighted by Crippen LogP contribution is 2.05. The second-order valence-electron chi connectivity index (χ2n) is 2.32. The summed E-state index contributed by atoms with van der Waals surface area (Å²) < 4.78 is 0. The second kappa shape index (κ2) is 3.66. The van der Waals surface area contributed by atoms with E-state index < -0.39 is 11.8 Å². The average Bonchev–Trinajstić information content (AvgIpc) is 1.79. The quantitative estimate of drug-likeness (QED) is 0.254. The molecule has 0 aromatic heterocycles. The zero-order valence-corrected chi connectivity index (χ0v) is 7.06. The molecule has 0 aromatic carbocycles. The molecule has 0 heterocycles. The summed E-state index contributed by atoms with van der Waals surface area (Å²) in [5.41, 5.74) is 5.12. The molecule has 1 unspecified atom stereocenters. The summed E-state index contributed by atoms with van der Waals surface area (Å²) in [6.45, 7) is 4.60. The van der Waals surface area contributed by atoms with Crippen molar-refractivity contribution in [3.8, 4) is 0 Å². The third-order valence-electron chi connectivity index (χ3n) is 1.12. The van der Waals surface area contributed by atoms with E-state index in [4.69, 9.17) is 15.9 Å². The van der Waals surface area contributed by atoms with Gasteiger partial charge in [-0.05, 0) is 19.1 Å². The van der Waals surface area contributed by atoms with Crippen LogP contribution in [0.2, 0.25) is 0 Å². The van der Waals surface area contributed by atoms with Crippen LogP contribution in [0.1, 0.15) is 6.92 Å². The summed E-state index contributed by atoms with van der Waals surface area (Å²) in [5, 5.41) is 20.5. The predicted molar refractivity (Wildman–Crippen MR) is 46.7 cm³/mol. The Bertz CT molecular complexity index is 164. The maximum absolute atomic E-state index is 9.03. The molecule has 0 fully saturated rings. The van der Waals surface area contributed by atoms with E-state index >= 15 is 0 Å². The van der Waals surface area contributed by atoms with Crippen LogP contribution in [0.4, 0.5) is 0 Å². The molecule has 0 radical (unpaired) electrons. The number of rotatable bonds is 3. The van der Waals surface area contributed by atoms with Crippen molar-refractivity contribution < 1.29 is 10.2 Å². The van der Waals surface area contributed by atoms with Crippen molar-refractivity contribution in [2.45, 2.75) is 18.8 Å². The van der Waals surface area contributed by atoms with Gasteiger partial charge in [-0.1, -0.05) is 6.08 Å². The lowest BCUT2D eigenvalue weighted by Gasteiger charge is -2.25. The molecule has 64 valence electrons. The Kier molecular flexibility index (Phi) is 3.44. The highest BCUT2D eigenvalue weighted by molar-refractivity contribution is 7.80. The lowest BCUT2D eigenvalue weighted by Crippen LogP contribution is -2.51. The summed E-state index contributed by atoms with van der Waals surface area (Å²) >= 11 is 4.50. The molecule has 0 rings (SSSR count). The van der Waals surface area contributed by atoms with Crippen molar-refractivity contribution in [2.75, 3.05) is 0 Å². The standard InChI is InChI=1S/C6H12N2O2S/c1-3-4(6(2,9)10)8-5(7)11/h3-4,9-10H,1H2,2H3,(H3,7,8,11). The Balaban J connectivity index is 4.18. The van der Waals surface area contributed by atoms with E-state index in [1.54, 1.807) is 0 Å². The molecule has 0 saturated carbocycles. The van der Waals surface area contributed by atoms with Crippen LogP contribution < -0.4 is 11.1 Å². The first-order valence-corrected chi connectivity index (χ1v) is 3.42. The average molecular weight is 176 g/mol. The second-order valence-corrected chi connectivity index (χ2v) is 2.76. The smallest absolute Gasteiger partial charge is 0.184 e. The van der Waals surface area contributed by atoms with E-state index in [-0.39, 0.29) is 5.11 Å². The number of thiocarbonyl (C=S) groups is 1. The van der Waals surface area contributed by atoms with Crippen LogP contribution in [0.15, 0.2) is 12.7 Å². The summed E-state index contributed by atoms with van der Waals surface area (Å²) in [4.78, 5) is 0. The van der Waals surface area contributed by atoms with Gasteiger partial charge in [-0.2, -0.15) is 0 Å². The number of hydrogen-bond acceptors (Lipinski definition) is 3. The Labute approximate surface area is 70.7 Å². The predicted octanol–water partition coefficient (Wildman–Crippen LogP) is -0.925. The van der Waals surface area contributed by atoms with Crippen molar-refractivity contribution in [1.82, 2.24) is 5.32 Å². The van der Waals surface area contributed by atoms with Gasteiger partial charge in [-0.25, -0.2) is 0 Å². The van der Waals surface area contributed by atoms with Crippen LogP contribution in [0.3, 0.4) is 0 Å². The molecule has 5 heteroatoms. The summed E-state index contributed by atoms with van der Waals surface area (Å²) in [6.07, 6.45) is 1.32. The Morgan fingerprint density at radius 1 is 1.82 bits per heavy atom. The van der Waals surface area contributed by atoms with Gasteiger partial charge in [0, 0.05) is 0 Å². The number of aliphatic hydroxyl groups is 2. The van der Waals surface area contributed by atoms with E-state index in [1.807, 2.05) is 0 Å². The van der Waals surface area contributed by atoms with Gasteiger partial charge >= 0.3 is 0 Å². The molecule has 5 N–H and O–H groups in total. The molecule has 0 saturated heterocycles. The van der Waals surface area contributed by atoms with Crippen LogP contribution in [-0.2, 0) is 0 Å². The molecule has 4 nitrogen and oxygen atoms in total. The normalized spacial score (nSPS) is 13.7. The van der Waals surface area contributed by atoms with Crippen LogP contribution in [0, 0.1) is 0 Å². The Morgan fingerprint density at radius 3 is 2.36 bits per heavy atom. The van der Waals surface area contributed by atoms with Gasteiger partial charge in [-0.3, -0.25) is 0 Å². The van der Waals surface area contributed by atoms with E-state index in [0.29, 0.717) is 0 Å². The summed E-state index contributed by atoms with van der Waals surface area (Å²) in [5.74, 6) is -1.90. The minimum Gasteiger partial charge on any atom is -0.376 e. The monoisotopic (exact) mass is 176 g/mol. The van der Waals surface area contributed by atoms with Gasteiger partial charge in [0.1, 0.15) is 0 Å². The van der Waals surface area contributed by atoms with Crippen LogP contribution in [0.25, 0.3) is 0 Å². The minimum atomic E-state index is -1.90. The molecule has 0 bridgehead atoms. The Morgan fingerprint density at radius 2 is 2.27 bits per heavy atom. The highest BCUT2D eigenvalue weighted by Gasteiger charge is 2.26. The molecule has 0 amide bonds. The van der Waals surface area contributed by atoms with Crippen LogP contribution >= 0.6 is 12.2 Å². The van der Waals surface area contributed by atoms with Gasteiger partial charge in [0.2, 0.25) is 0 Å². The van der Waals surface area contributed by atoms with E-state index in [2.05, 4.69) is 24.1 Å². The number of nitrogens with two attached hydrogens (primary N) is 1. The molecule has 0 aliphatic carbocycles. The first kappa shape index (κ1) is 10.3. The fourth-order valence-electron chi connectivity index (χ4n) is 0.572. The third kappa shape index (κ3) is 3.92. The first-order valence-electron chi connectivity index (χ1n) is 3.01. The lowest BCUT2D eigenvalue weighted by molar-refractivity contribution is -0.154. The molecule has 11 heavy (non-hydrogen) atoms. The molecule has 0 aliphatic rings. The maximum atomic E-state index is 9.03. The van der Waals surface area contributed by atoms with Crippen molar-refractivity contribution in [2.24, 2.45) is 5.73 Å². The molecule has 0 aromatic rings. The van der Waals surface area contributed by atoms with Gasteiger partial charge in [-0.15, -0.1) is 6.58 Å². The SMILES string of the molecule is C=CC(NC(N)=S)C(C)(O)O. The van der Waals surface area contributed by atoms with E-state index in [0.717, 1.165) is 0 Å². The molecular weight excluding hydrogens is 164 g/mol. The highest BCUT2D eigenvalue weighted by atomic mass is 32.1. The van der Waals surface area contributed by atoms with Gasteiger partial charge < -0.3 is 21.3 Å². The third-order valence-corrected chi connectivity index (χ3v) is 1.24. The van der Waals surface area contributed by atoms with E-state index in [9.17, 15) is 0 Å². The van der Waals surface area contributed by atoms with Crippen molar-refractivity contribution in [3.05, 3.63) is 12.7 Å². The van der Waals surface area contributed by atoms with Gasteiger partial charge in [0.15, 0.2) is 10.9 Å². The molecular formula is C6H12N2O2S. The minimum absolute atomic E-state index is 0.00391. The van der Waals surface area contributed by atoms with Crippen LogP contribution in [0.5, 0.6) is 0 Å². The number of nitrogens with one attached hydrogen (secondary N) is 1. The summed E-state index contributed by atoms with van der Waals surface area (Å²) in [6, 6.07) is -0.750. The fraction of sp³-hybridized carbons (Fsp3) is 0.500. The zero-order valence-electron chi connectivity index (χ0n) is 6.24. The van der Waals surface area contributed by atoms with Crippen molar-refractivity contribution in [3.63, 3.8) is 0 Å². The van der Waals surface area contributed by atoms with Crippen LogP contribution in [-0.4, -0.2) is 27.2 Å². The summed E-state index contributed by atoms with van der Waals surface area (Å²) in [7, 11) is 0. The molecule has 1 atom stereocenters. The topological polar surface area (TPSA) is 78.5 Å². The van der Waals surface area contributed by atoms with Crippen molar-refractivity contribution in [1.29, 1.82) is 0 Å². The maximum Gasteiger partial charge on any atom is 0.184 e. The largest absolute Gasteiger partial charge is 0.376 e. The number of hydrogen-bond donors (Lipinski definition) is 4. The van der Waals surface area contributed by atoms with Crippen molar-refractivity contribution >= 4 is 17.3 Å². The first-order chi connectivity index (χ1) is 4.88. The van der Waals surface area contributed by atoms with E-state index in [1.165, 1.54) is 13.0 Å². The van der Waals surface area contributed by atoms with Gasteiger partial charge in [0.25, 0.3) is 0 Å².